The number of hydrogen-bond donors (Lipinski definition) is 1. The molecule has 25 heavy (non-hydrogen) atoms. The van der Waals surface area contributed by atoms with E-state index in [0.29, 0.717) is 11.4 Å². The fourth-order valence-electron chi connectivity index (χ4n) is 2.30. The number of ether oxygens (including phenoxy) is 1. The molecule has 2 amide bonds. The van der Waals surface area contributed by atoms with Crippen molar-refractivity contribution >= 4 is 23.2 Å². The molecule has 2 rings (SSSR count). The normalized spacial score (nSPS) is 10.4. The lowest BCUT2D eigenvalue weighted by Crippen LogP contribution is -2.37. The molecule has 0 saturated heterocycles. The maximum atomic E-state index is 13.9. The molecule has 0 bridgehead atoms. The summed E-state index contributed by atoms with van der Waals surface area (Å²) in [6.45, 7) is 4.75. The molecule has 0 aliphatic carbocycles. The Hall–Kier alpha value is -2.89. The number of hydrogen-bond acceptors (Lipinski definition) is 3. The SMILES string of the molecule is CC(=O)N(CC(=O)Nc1ccccc1OC(C)C)c1ccccc1F. The Bertz CT molecular complexity index is 762. The van der Waals surface area contributed by atoms with Crippen molar-refractivity contribution < 1.29 is 18.7 Å². The number of halogens is 1. The third kappa shape index (κ3) is 5.04. The van der Waals surface area contributed by atoms with Gasteiger partial charge >= 0.3 is 0 Å². The molecule has 0 unspecified atom stereocenters. The number of carbonyl (C=O) groups excluding carboxylic acids is 2. The van der Waals surface area contributed by atoms with Crippen LogP contribution in [0.5, 0.6) is 5.75 Å². The van der Waals surface area contributed by atoms with Gasteiger partial charge in [0.25, 0.3) is 0 Å². The lowest BCUT2D eigenvalue weighted by molar-refractivity contribution is -0.120. The highest BCUT2D eigenvalue weighted by molar-refractivity contribution is 6.02. The summed E-state index contributed by atoms with van der Waals surface area (Å²) >= 11 is 0. The zero-order valence-corrected chi connectivity index (χ0v) is 14.5. The predicted octanol–water partition coefficient (Wildman–Crippen LogP) is 3.60. The summed E-state index contributed by atoms with van der Waals surface area (Å²) in [5.74, 6) is -0.898. The fourth-order valence-corrected chi connectivity index (χ4v) is 2.30. The van der Waals surface area contributed by atoms with Gasteiger partial charge < -0.3 is 15.0 Å². The van der Waals surface area contributed by atoms with E-state index in [9.17, 15) is 14.0 Å². The second-order valence-electron chi connectivity index (χ2n) is 5.77. The van der Waals surface area contributed by atoms with Gasteiger partial charge in [-0.2, -0.15) is 0 Å². The molecule has 2 aromatic rings. The Kier molecular flexibility index (Phi) is 6.11. The highest BCUT2D eigenvalue weighted by Gasteiger charge is 2.19. The van der Waals surface area contributed by atoms with E-state index in [4.69, 9.17) is 4.74 Å². The third-order valence-electron chi connectivity index (χ3n) is 3.35. The molecule has 0 heterocycles. The van der Waals surface area contributed by atoms with Crippen LogP contribution < -0.4 is 15.0 Å². The second kappa shape index (κ2) is 8.28. The Morgan fingerprint density at radius 3 is 2.40 bits per heavy atom. The first kappa shape index (κ1) is 18.4. The fraction of sp³-hybridized carbons (Fsp3) is 0.263. The topological polar surface area (TPSA) is 58.6 Å². The molecule has 5 nitrogen and oxygen atoms in total. The van der Waals surface area contributed by atoms with Crippen LogP contribution in [-0.2, 0) is 9.59 Å². The van der Waals surface area contributed by atoms with Gasteiger partial charge in [-0.25, -0.2) is 4.39 Å². The average Bonchev–Trinajstić information content (AvgIpc) is 2.54. The highest BCUT2D eigenvalue weighted by Crippen LogP contribution is 2.25. The van der Waals surface area contributed by atoms with Crippen molar-refractivity contribution in [1.29, 1.82) is 0 Å². The molecule has 0 radical (unpaired) electrons. The van der Waals surface area contributed by atoms with Gasteiger partial charge in [0, 0.05) is 6.92 Å². The molecule has 132 valence electrons. The predicted molar refractivity (Wildman–Crippen MR) is 95.3 cm³/mol. The van der Waals surface area contributed by atoms with Gasteiger partial charge in [-0.05, 0) is 38.1 Å². The average molecular weight is 344 g/mol. The third-order valence-corrected chi connectivity index (χ3v) is 3.35. The molecule has 2 aromatic carbocycles. The van der Waals surface area contributed by atoms with Crippen LogP contribution in [0.4, 0.5) is 15.8 Å². The number of nitrogens with zero attached hydrogens (tertiary/aromatic N) is 1. The molecule has 0 aliphatic rings. The Morgan fingerprint density at radius 2 is 1.76 bits per heavy atom. The zero-order chi connectivity index (χ0) is 18.4. The molecular formula is C19H21FN2O3. The standard InChI is InChI=1S/C19H21FN2O3/c1-13(2)25-18-11-7-5-9-16(18)21-19(24)12-22(14(3)23)17-10-6-4-8-15(17)20/h4-11,13H,12H2,1-3H3,(H,21,24). The van der Waals surface area contributed by atoms with Crippen LogP contribution in [0.25, 0.3) is 0 Å². The summed E-state index contributed by atoms with van der Waals surface area (Å²) in [5, 5.41) is 2.71. The van der Waals surface area contributed by atoms with Crippen molar-refractivity contribution in [2.24, 2.45) is 0 Å². The minimum atomic E-state index is -0.561. The van der Waals surface area contributed by atoms with Crippen LogP contribution in [0.2, 0.25) is 0 Å². The Balaban J connectivity index is 2.16. The van der Waals surface area contributed by atoms with Gasteiger partial charge in [-0.15, -0.1) is 0 Å². The summed E-state index contributed by atoms with van der Waals surface area (Å²) in [6.07, 6.45) is -0.0508. The van der Waals surface area contributed by atoms with E-state index in [1.165, 1.54) is 25.1 Å². The van der Waals surface area contributed by atoms with Crippen molar-refractivity contribution in [3.8, 4) is 5.75 Å². The van der Waals surface area contributed by atoms with Crippen LogP contribution in [0.3, 0.4) is 0 Å². The van der Waals surface area contributed by atoms with Crippen molar-refractivity contribution in [2.45, 2.75) is 26.9 Å². The number of amides is 2. The molecule has 0 fully saturated rings. The van der Waals surface area contributed by atoms with Gasteiger partial charge in [-0.3, -0.25) is 9.59 Å². The van der Waals surface area contributed by atoms with Crippen LogP contribution in [0.15, 0.2) is 48.5 Å². The summed E-state index contributed by atoms with van der Waals surface area (Å²) in [5.41, 5.74) is 0.565. The van der Waals surface area contributed by atoms with E-state index < -0.39 is 17.6 Å². The minimum absolute atomic E-state index is 0.0508. The van der Waals surface area contributed by atoms with E-state index in [1.54, 1.807) is 30.3 Å². The monoisotopic (exact) mass is 344 g/mol. The van der Waals surface area contributed by atoms with E-state index >= 15 is 0 Å². The first-order valence-electron chi connectivity index (χ1n) is 7.96. The lowest BCUT2D eigenvalue weighted by Gasteiger charge is -2.21. The quantitative estimate of drug-likeness (QED) is 0.871. The highest BCUT2D eigenvalue weighted by atomic mass is 19.1. The van der Waals surface area contributed by atoms with Crippen molar-refractivity contribution in [1.82, 2.24) is 0 Å². The summed E-state index contributed by atoms with van der Waals surface area (Å²) < 4.78 is 19.6. The minimum Gasteiger partial charge on any atom is -0.489 e. The molecule has 0 spiro atoms. The van der Waals surface area contributed by atoms with Crippen LogP contribution in [0.1, 0.15) is 20.8 Å². The largest absolute Gasteiger partial charge is 0.489 e. The summed E-state index contributed by atoms with van der Waals surface area (Å²) in [6, 6.07) is 12.9. The van der Waals surface area contributed by atoms with Crippen LogP contribution in [-0.4, -0.2) is 24.5 Å². The summed E-state index contributed by atoms with van der Waals surface area (Å²) in [7, 11) is 0. The molecular weight excluding hydrogens is 323 g/mol. The van der Waals surface area contributed by atoms with E-state index in [0.717, 1.165) is 4.90 Å². The first-order chi connectivity index (χ1) is 11.9. The molecule has 6 heteroatoms. The summed E-state index contributed by atoms with van der Waals surface area (Å²) in [4.78, 5) is 25.3. The lowest BCUT2D eigenvalue weighted by atomic mass is 10.2. The van der Waals surface area contributed by atoms with Crippen LogP contribution >= 0.6 is 0 Å². The second-order valence-corrected chi connectivity index (χ2v) is 5.77. The van der Waals surface area contributed by atoms with Gasteiger partial charge in [0.1, 0.15) is 18.1 Å². The maximum absolute atomic E-state index is 13.9. The number of rotatable bonds is 6. The zero-order valence-electron chi connectivity index (χ0n) is 14.5. The Labute approximate surface area is 146 Å². The van der Waals surface area contributed by atoms with Gasteiger partial charge in [0.15, 0.2) is 0 Å². The number of nitrogens with one attached hydrogen (secondary N) is 1. The first-order valence-corrected chi connectivity index (χ1v) is 7.96. The van der Waals surface area contributed by atoms with Gasteiger partial charge in [0.05, 0.1) is 17.5 Å². The van der Waals surface area contributed by atoms with Crippen molar-refractivity contribution in [3.63, 3.8) is 0 Å². The number of anilines is 2. The van der Waals surface area contributed by atoms with Crippen LogP contribution in [0, 0.1) is 5.82 Å². The number of benzene rings is 2. The number of para-hydroxylation sites is 3. The van der Waals surface area contributed by atoms with E-state index in [2.05, 4.69) is 5.32 Å². The van der Waals surface area contributed by atoms with Crippen molar-refractivity contribution in [2.75, 3.05) is 16.8 Å². The smallest absolute Gasteiger partial charge is 0.244 e. The molecule has 1 N–H and O–H groups in total. The number of carbonyl (C=O) groups is 2. The van der Waals surface area contributed by atoms with Gasteiger partial charge in [-0.1, -0.05) is 24.3 Å². The molecule has 0 aliphatic heterocycles. The molecule has 0 atom stereocenters. The van der Waals surface area contributed by atoms with E-state index in [1.807, 2.05) is 13.8 Å². The van der Waals surface area contributed by atoms with Crippen molar-refractivity contribution in [3.05, 3.63) is 54.3 Å². The Morgan fingerprint density at radius 1 is 1.12 bits per heavy atom. The maximum Gasteiger partial charge on any atom is 0.244 e. The van der Waals surface area contributed by atoms with E-state index in [-0.39, 0.29) is 18.3 Å². The molecule has 0 saturated carbocycles. The molecule has 0 aromatic heterocycles. The van der Waals surface area contributed by atoms with Gasteiger partial charge in [0.2, 0.25) is 11.8 Å².